The van der Waals surface area contributed by atoms with Gasteiger partial charge in [0.2, 0.25) is 0 Å². The predicted molar refractivity (Wildman–Crippen MR) is 66.2 cm³/mol. The first-order chi connectivity index (χ1) is 7.84. The lowest BCUT2D eigenvalue weighted by atomic mass is 9.90. The van der Waals surface area contributed by atoms with Crippen LogP contribution in [0.1, 0.15) is 48.6 Å². The van der Waals surface area contributed by atoms with E-state index in [9.17, 15) is 0 Å². The zero-order valence-electron chi connectivity index (χ0n) is 9.42. The Morgan fingerprint density at radius 2 is 1.75 bits per heavy atom. The highest BCUT2D eigenvalue weighted by Crippen LogP contribution is 2.42. The predicted octanol–water partition coefficient (Wildman–Crippen LogP) is 4.11. The number of halogens is 1. The molecule has 2 fully saturated rings. The SMILES string of the molecule is Clc1cc(C2CC2)ccc1C1CCOCC1. The molecule has 1 saturated carbocycles. The van der Waals surface area contributed by atoms with Gasteiger partial charge in [0.05, 0.1) is 0 Å². The van der Waals surface area contributed by atoms with Gasteiger partial charge in [-0.05, 0) is 54.7 Å². The first kappa shape index (κ1) is 10.6. The maximum Gasteiger partial charge on any atom is 0.0471 e. The number of ether oxygens (including phenoxy) is 1. The monoisotopic (exact) mass is 236 g/mol. The summed E-state index contributed by atoms with van der Waals surface area (Å²) in [5.41, 5.74) is 2.76. The molecule has 0 spiro atoms. The van der Waals surface area contributed by atoms with Crippen LogP contribution in [0.15, 0.2) is 18.2 Å². The number of hydrogen-bond donors (Lipinski definition) is 0. The van der Waals surface area contributed by atoms with Crippen LogP contribution in [-0.2, 0) is 4.74 Å². The minimum Gasteiger partial charge on any atom is -0.381 e. The van der Waals surface area contributed by atoms with Crippen LogP contribution in [0.3, 0.4) is 0 Å². The third kappa shape index (κ3) is 2.11. The first-order valence-corrected chi connectivity index (χ1v) is 6.59. The van der Waals surface area contributed by atoms with Gasteiger partial charge in [-0.1, -0.05) is 23.7 Å². The maximum absolute atomic E-state index is 6.39. The van der Waals surface area contributed by atoms with Gasteiger partial charge in [0.25, 0.3) is 0 Å². The molecule has 2 aliphatic rings. The molecule has 1 aromatic carbocycles. The van der Waals surface area contributed by atoms with Crippen molar-refractivity contribution in [3.05, 3.63) is 34.3 Å². The molecule has 0 radical (unpaired) electrons. The molecule has 0 amide bonds. The number of rotatable bonds is 2. The lowest BCUT2D eigenvalue weighted by Crippen LogP contribution is -2.14. The van der Waals surface area contributed by atoms with Gasteiger partial charge in [0.1, 0.15) is 0 Å². The van der Waals surface area contributed by atoms with Gasteiger partial charge in [-0.25, -0.2) is 0 Å². The molecule has 16 heavy (non-hydrogen) atoms. The Morgan fingerprint density at radius 3 is 2.38 bits per heavy atom. The molecule has 1 aliphatic heterocycles. The molecule has 0 unspecified atom stereocenters. The standard InChI is InChI=1S/C14H17ClO/c15-14-9-12(10-1-2-10)3-4-13(14)11-5-7-16-8-6-11/h3-4,9-11H,1-2,5-8H2. The molecule has 1 aliphatic carbocycles. The van der Waals surface area contributed by atoms with E-state index in [0.29, 0.717) is 5.92 Å². The summed E-state index contributed by atoms with van der Waals surface area (Å²) in [7, 11) is 0. The average molecular weight is 237 g/mol. The minimum absolute atomic E-state index is 0.606. The molecule has 0 bridgehead atoms. The van der Waals surface area contributed by atoms with Crippen LogP contribution in [0.2, 0.25) is 5.02 Å². The van der Waals surface area contributed by atoms with E-state index in [-0.39, 0.29) is 0 Å². The van der Waals surface area contributed by atoms with Crippen molar-refractivity contribution in [1.29, 1.82) is 0 Å². The summed E-state index contributed by atoms with van der Waals surface area (Å²) in [6.45, 7) is 1.76. The van der Waals surface area contributed by atoms with E-state index >= 15 is 0 Å². The van der Waals surface area contributed by atoms with E-state index in [1.165, 1.54) is 24.0 Å². The second kappa shape index (κ2) is 4.38. The second-order valence-corrected chi connectivity index (χ2v) is 5.35. The largest absolute Gasteiger partial charge is 0.381 e. The van der Waals surface area contributed by atoms with Gasteiger partial charge in [-0.3, -0.25) is 0 Å². The van der Waals surface area contributed by atoms with Crippen LogP contribution < -0.4 is 0 Å². The zero-order valence-corrected chi connectivity index (χ0v) is 10.2. The van der Waals surface area contributed by atoms with Gasteiger partial charge in [-0.2, -0.15) is 0 Å². The summed E-state index contributed by atoms with van der Waals surface area (Å²) in [6.07, 6.45) is 4.91. The van der Waals surface area contributed by atoms with Gasteiger partial charge in [0.15, 0.2) is 0 Å². The van der Waals surface area contributed by atoms with Crippen molar-refractivity contribution in [2.24, 2.45) is 0 Å². The van der Waals surface area contributed by atoms with Crippen molar-refractivity contribution in [3.63, 3.8) is 0 Å². The fourth-order valence-electron chi connectivity index (χ4n) is 2.55. The fraction of sp³-hybridized carbons (Fsp3) is 0.571. The normalized spacial score (nSPS) is 22.3. The Labute approximate surface area is 102 Å². The Morgan fingerprint density at radius 1 is 1.00 bits per heavy atom. The minimum atomic E-state index is 0.606. The Hall–Kier alpha value is -0.530. The van der Waals surface area contributed by atoms with E-state index in [4.69, 9.17) is 16.3 Å². The lowest BCUT2D eigenvalue weighted by molar-refractivity contribution is 0.0853. The third-order valence-electron chi connectivity index (χ3n) is 3.73. The fourth-order valence-corrected chi connectivity index (χ4v) is 2.90. The highest BCUT2D eigenvalue weighted by Gasteiger charge is 2.25. The molecule has 1 aromatic rings. The van der Waals surface area contributed by atoms with E-state index in [1.54, 1.807) is 0 Å². The van der Waals surface area contributed by atoms with Crippen molar-refractivity contribution < 1.29 is 4.74 Å². The van der Waals surface area contributed by atoms with Gasteiger partial charge >= 0.3 is 0 Å². The summed E-state index contributed by atoms with van der Waals surface area (Å²) in [4.78, 5) is 0. The Kier molecular flexibility index (Phi) is 2.91. The van der Waals surface area contributed by atoms with Gasteiger partial charge in [-0.15, -0.1) is 0 Å². The number of benzene rings is 1. The van der Waals surface area contributed by atoms with Gasteiger partial charge < -0.3 is 4.74 Å². The molecular weight excluding hydrogens is 220 g/mol. The average Bonchev–Trinajstić information content (AvgIpc) is 3.14. The summed E-state index contributed by atoms with van der Waals surface area (Å²) < 4.78 is 5.39. The van der Waals surface area contributed by atoms with Crippen LogP contribution in [-0.4, -0.2) is 13.2 Å². The second-order valence-electron chi connectivity index (χ2n) is 4.94. The van der Waals surface area contributed by atoms with Crippen molar-refractivity contribution >= 4 is 11.6 Å². The molecule has 86 valence electrons. The van der Waals surface area contributed by atoms with Crippen LogP contribution in [0.25, 0.3) is 0 Å². The van der Waals surface area contributed by atoms with E-state index in [2.05, 4.69) is 18.2 Å². The summed E-state index contributed by atoms with van der Waals surface area (Å²) >= 11 is 6.39. The summed E-state index contributed by atoms with van der Waals surface area (Å²) in [5, 5.41) is 0.969. The van der Waals surface area contributed by atoms with Crippen LogP contribution >= 0.6 is 11.6 Å². The topological polar surface area (TPSA) is 9.23 Å². The molecule has 3 rings (SSSR count). The Balaban J connectivity index is 1.83. The van der Waals surface area contributed by atoms with Crippen LogP contribution in [0.5, 0.6) is 0 Å². The molecule has 0 N–H and O–H groups in total. The maximum atomic E-state index is 6.39. The molecule has 2 heteroatoms. The first-order valence-electron chi connectivity index (χ1n) is 6.21. The molecule has 1 nitrogen and oxygen atoms in total. The highest BCUT2D eigenvalue weighted by molar-refractivity contribution is 6.31. The van der Waals surface area contributed by atoms with Crippen molar-refractivity contribution in [2.45, 2.75) is 37.5 Å². The quantitative estimate of drug-likeness (QED) is 0.751. The van der Waals surface area contributed by atoms with Crippen LogP contribution in [0, 0.1) is 0 Å². The van der Waals surface area contributed by atoms with Gasteiger partial charge in [0, 0.05) is 18.2 Å². The molecule has 1 heterocycles. The number of hydrogen-bond acceptors (Lipinski definition) is 1. The van der Waals surface area contributed by atoms with E-state index in [0.717, 1.165) is 37.0 Å². The lowest BCUT2D eigenvalue weighted by Gasteiger charge is -2.23. The van der Waals surface area contributed by atoms with Crippen LogP contribution in [0.4, 0.5) is 0 Å². The van der Waals surface area contributed by atoms with Crippen molar-refractivity contribution in [1.82, 2.24) is 0 Å². The van der Waals surface area contributed by atoms with E-state index in [1.807, 2.05) is 0 Å². The van der Waals surface area contributed by atoms with Crippen molar-refractivity contribution in [2.75, 3.05) is 13.2 Å². The smallest absolute Gasteiger partial charge is 0.0471 e. The molecule has 0 aromatic heterocycles. The Bertz CT molecular complexity index is 378. The highest BCUT2D eigenvalue weighted by atomic mass is 35.5. The van der Waals surface area contributed by atoms with E-state index < -0.39 is 0 Å². The molecule has 1 saturated heterocycles. The summed E-state index contributed by atoms with van der Waals surface area (Å²) in [5.74, 6) is 1.40. The van der Waals surface area contributed by atoms with Crippen molar-refractivity contribution in [3.8, 4) is 0 Å². The third-order valence-corrected chi connectivity index (χ3v) is 4.06. The summed E-state index contributed by atoms with van der Waals surface area (Å²) in [6, 6.07) is 6.70. The molecule has 0 atom stereocenters. The zero-order chi connectivity index (χ0) is 11.0. The molecular formula is C14H17ClO.